The van der Waals surface area contributed by atoms with Crippen LogP contribution in [0.25, 0.3) is 0 Å². The molecule has 4 nitrogen and oxygen atoms in total. The Morgan fingerprint density at radius 1 is 1.53 bits per heavy atom. The first-order chi connectivity index (χ1) is 8.08. The van der Waals surface area contributed by atoms with Gasteiger partial charge in [0.2, 0.25) is 0 Å². The van der Waals surface area contributed by atoms with Crippen LogP contribution in [0.4, 0.5) is 0 Å². The third-order valence-electron chi connectivity index (χ3n) is 4.24. The van der Waals surface area contributed by atoms with Crippen LogP contribution in [0, 0.1) is 5.92 Å². The van der Waals surface area contributed by atoms with Crippen LogP contribution in [0.2, 0.25) is 0 Å². The number of oxime groups is 1. The molecule has 3 N–H and O–H groups in total. The minimum absolute atomic E-state index is 0.326. The van der Waals surface area contributed by atoms with Gasteiger partial charge in [-0.05, 0) is 32.7 Å². The fourth-order valence-corrected chi connectivity index (χ4v) is 2.85. The second-order valence-corrected chi connectivity index (χ2v) is 5.40. The van der Waals surface area contributed by atoms with Gasteiger partial charge in [-0.3, -0.25) is 0 Å². The van der Waals surface area contributed by atoms with Crippen molar-refractivity contribution in [3.63, 3.8) is 0 Å². The summed E-state index contributed by atoms with van der Waals surface area (Å²) < 4.78 is 0. The summed E-state index contributed by atoms with van der Waals surface area (Å²) in [6.07, 6.45) is 7.24. The number of amidine groups is 1. The van der Waals surface area contributed by atoms with Gasteiger partial charge < -0.3 is 15.8 Å². The van der Waals surface area contributed by atoms with Crippen LogP contribution < -0.4 is 5.73 Å². The molecule has 0 heterocycles. The zero-order valence-electron chi connectivity index (χ0n) is 11.4. The third-order valence-corrected chi connectivity index (χ3v) is 4.24. The van der Waals surface area contributed by atoms with E-state index in [4.69, 9.17) is 10.9 Å². The molecule has 100 valence electrons. The Balaban J connectivity index is 2.47. The number of rotatable bonds is 5. The van der Waals surface area contributed by atoms with E-state index >= 15 is 0 Å². The lowest BCUT2D eigenvalue weighted by molar-refractivity contribution is 0.122. The molecule has 0 saturated heterocycles. The van der Waals surface area contributed by atoms with E-state index in [0.29, 0.717) is 24.3 Å². The highest BCUT2D eigenvalue weighted by Gasteiger charge is 2.26. The second kappa shape index (κ2) is 6.84. The van der Waals surface area contributed by atoms with Crippen LogP contribution in [0.1, 0.15) is 52.4 Å². The molecule has 0 aromatic carbocycles. The molecule has 1 aliphatic carbocycles. The molecule has 0 radical (unpaired) electrons. The van der Waals surface area contributed by atoms with Crippen molar-refractivity contribution in [3.8, 4) is 0 Å². The Kier molecular flexibility index (Phi) is 5.75. The fraction of sp³-hybridized carbons (Fsp3) is 0.923. The molecule has 0 aliphatic heterocycles. The van der Waals surface area contributed by atoms with Crippen LogP contribution in [-0.4, -0.2) is 35.1 Å². The van der Waals surface area contributed by atoms with E-state index in [1.165, 1.54) is 32.1 Å². The molecule has 1 rings (SSSR count). The number of nitrogens with two attached hydrogens (primary N) is 1. The average Bonchev–Trinajstić information content (AvgIpc) is 2.37. The molecule has 0 amide bonds. The van der Waals surface area contributed by atoms with E-state index in [9.17, 15) is 0 Å². The number of hydrogen-bond donors (Lipinski definition) is 2. The van der Waals surface area contributed by atoms with Crippen LogP contribution >= 0.6 is 0 Å². The van der Waals surface area contributed by atoms with Crippen molar-refractivity contribution in [2.45, 2.75) is 64.5 Å². The summed E-state index contributed by atoms with van der Waals surface area (Å²) in [6.45, 7) is 4.43. The third kappa shape index (κ3) is 4.19. The van der Waals surface area contributed by atoms with Gasteiger partial charge in [-0.15, -0.1) is 0 Å². The van der Waals surface area contributed by atoms with Gasteiger partial charge in [0.05, 0.1) is 0 Å². The summed E-state index contributed by atoms with van der Waals surface area (Å²) in [6, 6.07) is 1.00. The predicted molar refractivity (Wildman–Crippen MR) is 71.3 cm³/mol. The quantitative estimate of drug-likeness (QED) is 0.336. The highest BCUT2D eigenvalue weighted by molar-refractivity contribution is 5.80. The molecule has 0 spiro atoms. The molecule has 1 fully saturated rings. The molecular weight excluding hydrogens is 214 g/mol. The normalized spacial score (nSPS) is 28.4. The van der Waals surface area contributed by atoms with E-state index in [1.807, 2.05) is 0 Å². The van der Waals surface area contributed by atoms with E-state index < -0.39 is 0 Å². The van der Waals surface area contributed by atoms with Crippen molar-refractivity contribution in [1.29, 1.82) is 0 Å². The van der Waals surface area contributed by atoms with Crippen LogP contribution in [0.5, 0.6) is 0 Å². The van der Waals surface area contributed by atoms with Crippen molar-refractivity contribution in [1.82, 2.24) is 4.90 Å². The van der Waals surface area contributed by atoms with Gasteiger partial charge in [0, 0.05) is 18.5 Å². The molecule has 0 bridgehead atoms. The lowest BCUT2D eigenvalue weighted by Gasteiger charge is -2.38. The first-order valence-electron chi connectivity index (χ1n) is 6.76. The Labute approximate surface area is 105 Å². The molecule has 1 aliphatic rings. The SMILES string of the molecule is CCC1CCCC(N(C)C(C)CC(N)=NO)C1. The largest absolute Gasteiger partial charge is 0.409 e. The van der Waals surface area contributed by atoms with Gasteiger partial charge in [0.25, 0.3) is 0 Å². The minimum Gasteiger partial charge on any atom is -0.409 e. The minimum atomic E-state index is 0.326. The maximum atomic E-state index is 8.60. The van der Waals surface area contributed by atoms with Crippen molar-refractivity contribution < 1.29 is 5.21 Å². The molecule has 3 atom stereocenters. The highest BCUT2D eigenvalue weighted by Crippen LogP contribution is 2.30. The summed E-state index contributed by atoms with van der Waals surface area (Å²) in [7, 11) is 2.16. The zero-order chi connectivity index (χ0) is 12.8. The average molecular weight is 241 g/mol. The monoisotopic (exact) mass is 241 g/mol. The van der Waals surface area contributed by atoms with Crippen LogP contribution in [0.3, 0.4) is 0 Å². The van der Waals surface area contributed by atoms with E-state index in [1.54, 1.807) is 0 Å². The zero-order valence-corrected chi connectivity index (χ0v) is 11.4. The molecule has 0 aromatic heterocycles. The first kappa shape index (κ1) is 14.3. The lowest BCUT2D eigenvalue weighted by atomic mass is 9.83. The Hall–Kier alpha value is -0.770. The van der Waals surface area contributed by atoms with Crippen molar-refractivity contribution >= 4 is 5.84 Å². The summed E-state index contributed by atoms with van der Waals surface area (Å²) in [4.78, 5) is 2.40. The summed E-state index contributed by atoms with van der Waals surface area (Å²) in [5, 5.41) is 11.7. The highest BCUT2D eigenvalue weighted by atomic mass is 16.4. The molecule has 4 heteroatoms. The van der Waals surface area contributed by atoms with Gasteiger partial charge >= 0.3 is 0 Å². The fourth-order valence-electron chi connectivity index (χ4n) is 2.85. The van der Waals surface area contributed by atoms with Crippen LogP contribution in [-0.2, 0) is 0 Å². The van der Waals surface area contributed by atoms with Gasteiger partial charge in [-0.2, -0.15) is 0 Å². The summed E-state index contributed by atoms with van der Waals surface area (Å²) in [5.41, 5.74) is 5.57. The standard InChI is InChI=1S/C13H27N3O/c1-4-11-6-5-7-12(9-11)16(3)10(2)8-13(14)15-17/h10-12,17H,4-9H2,1-3H3,(H2,14,15). The number of hydrogen-bond acceptors (Lipinski definition) is 3. The first-order valence-corrected chi connectivity index (χ1v) is 6.76. The second-order valence-electron chi connectivity index (χ2n) is 5.40. The van der Waals surface area contributed by atoms with Gasteiger partial charge in [-0.25, -0.2) is 0 Å². The molecule has 1 saturated carbocycles. The van der Waals surface area contributed by atoms with Crippen molar-refractivity contribution in [2.24, 2.45) is 16.8 Å². The van der Waals surface area contributed by atoms with Crippen molar-refractivity contribution in [3.05, 3.63) is 0 Å². The Morgan fingerprint density at radius 2 is 2.24 bits per heavy atom. The molecule has 0 aromatic rings. The summed E-state index contributed by atoms with van der Waals surface area (Å²) in [5.74, 6) is 1.21. The molecular formula is C13H27N3O. The maximum absolute atomic E-state index is 8.60. The van der Waals surface area contributed by atoms with E-state index in [0.717, 1.165) is 5.92 Å². The van der Waals surface area contributed by atoms with Crippen molar-refractivity contribution in [2.75, 3.05) is 7.05 Å². The van der Waals surface area contributed by atoms with E-state index in [-0.39, 0.29) is 0 Å². The topological polar surface area (TPSA) is 61.8 Å². The predicted octanol–water partition coefficient (Wildman–Crippen LogP) is 2.41. The lowest BCUT2D eigenvalue weighted by Crippen LogP contribution is -2.43. The molecule has 17 heavy (non-hydrogen) atoms. The maximum Gasteiger partial charge on any atom is 0.140 e. The van der Waals surface area contributed by atoms with E-state index in [2.05, 4.69) is 31.0 Å². The number of nitrogens with zero attached hydrogens (tertiary/aromatic N) is 2. The van der Waals surface area contributed by atoms with Gasteiger partial charge in [0.1, 0.15) is 5.84 Å². The van der Waals surface area contributed by atoms with Gasteiger partial charge in [0.15, 0.2) is 0 Å². The van der Waals surface area contributed by atoms with Gasteiger partial charge in [-0.1, -0.05) is 31.3 Å². The van der Waals surface area contributed by atoms with Crippen LogP contribution in [0.15, 0.2) is 5.16 Å². The molecule has 3 unspecified atom stereocenters. The summed E-state index contributed by atoms with van der Waals surface area (Å²) >= 11 is 0. The smallest absolute Gasteiger partial charge is 0.140 e. The Morgan fingerprint density at radius 3 is 2.82 bits per heavy atom. The Bertz CT molecular complexity index is 255.